The summed E-state index contributed by atoms with van der Waals surface area (Å²) < 4.78 is 59.6. The van der Waals surface area contributed by atoms with Crippen LogP contribution in [0.2, 0.25) is 0 Å². The van der Waals surface area contributed by atoms with E-state index in [1.165, 1.54) is 24.3 Å². The van der Waals surface area contributed by atoms with Crippen LogP contribution in [0.25, 0.3) is 0 Å². The first-order chi connectivity index (χ1) is 7.92. The molecule has 8 heteroatoms. The van der Waals surface area contributed by atoms with Crippen LogP contribution >= 0.6 is 0 Å². The van der Waals surface area contributed by atoms with Crippen LogP contribution in [0.1, 0.15) is 12.8 Å². The van der Waals surface area contributed by atoms with Gasteiger partial charge in [-0.2, -0.15) is 0 Å². The van der Waals surface area contributed by atoms with Gasteiger partial charge in [-0.05, 0) is 25.0 Å². The molecule has 0 bridgehead atoms. The predicted molar refractivity (Wildman–Crippen MR) is 63.4 cm³/mol. The van der Waals surface area contributed by atoms with Gasteiger partial charge in [0, 0.05) is 10.9 Å². The van der Waals surface area contributed by atoms with Crippen molar-refractivity contribution in [3.05, 3.63) is 30.3 Å². The third-order valence-electron chi connectivity index (χ3n) is 2.11. The molecule has 0 atom stereocenters. The second-order valence-corrected chi connectivity index (χ2v) is 11.6. The van der Waals surface area contributed by atoms with E-state index >= 15 is 0 Å². The van der Waals surface area contributed by atoms with Gasteiger partial charge in [0.1, 0.15) is 11.5 Å². The van der Waals surface area contributed by atoms with Crippen LogP contribution in [0, 0.1) is 0 Å². The van der Waals surface area contributed by atoms with Crippen molar-refractivity contribution in [2.45, 2.75) is 17.7 Å². The Balaban J connectivity index is 0.000000203. The molecule has 0 amide bonds. The molecule has 1 aromatic rings. The van der Waals surface area contributed by atoms with Crippen LogP contribution in [0.15, 0.2) is 35.2 Å². The zero-order chi connectivity index (χ0) is 13.9. The van der Waals surface area contributed by atoms with E-state index in [4.69, 9.17) is 0 Å². The Morgan fingerprint density at radius 1 is 0.778 bits per heavy atom. The number of benzene rings is 1. The summed E-state index contributed by atoms with van der Waals surface area (Å²) >= 11 is -11.2. The van der Waals surface area contributed by atoms with Crippen molar-refractivity contribution < 1.29 is 16.9 Å². The Hall–Kier alpha value is -0.0318. The van der Waals surface area contributed by atoms with Crippen LogP contribution in [0.5, 0.6) is 0 Å². The Kier molecular flexibility index (Phi) is 4.29. The van der Waals surface area contributed by atoms with E-state index in [0.717, 1.165) is 0 Å². The number of hydrogen-bond donors (Lipinski definition) is 0. The summed E-state index contributed by atoms with van der Waals surface area (Å²) in [6, 6.07) is 11.0. The van der Waals surface area contributed by atoms with Gasteiger partial charge in [0.2, 0.25) is 0 Å². The van der Waals surface area contributed by atoms with Gasteiger partial charge in [0.25, 0.3) is 0 Å². The molecule has 0 spiro atoms. The Morgan fingerprint density at radius 2 is 1.17 bits per heavy atom. The van der Waals surface area contributed by atoms with E-state index in [9.17, 15) is 16.9 Å². The largest absolute Gasteiger partial charge is 0.154 e. The molecular formula is C10H13F6SSb. The van der Waals surface area contributed by atoms with Crippen LogP contribution in [0.3, 0.4) is 0 Å². The van der Waals surface area contributed by atoms with E-state index in [1.54, 1.807) is 4.90 Å². The minimum Gasteiger partial charge on any atom is -0.0619 e. The van der Waals surface area contributed by atoms with Gasteiger partial charge >= 0.3 is 36.4 Å². The zero-order valence-electron chi connectivity index (χ0n) is 9.34. The summed E-state index contributed by atoms with van der Waals surface area (Å²) in [6.07, 6.45) is 2.88. The molecular weight excluding hydrogens is 388 g/mol. The van der Waals surface area contributed by atoms with Crippen LogP contribution < -0.4 is 0 Å². The van der Waals surface area contributed by atoms with Crippen molar-refractivity contribution in [3.63, 3.8) is 0 Å². The second kappa shape index (κ2) is 4.82. The van der Waals surface area contributed by atoms with Gasteiger partial charge in [-0.25, -0.2) is 0 Å². The van der Waals surface area contributed by atoms with Gasteiger partial charge in [-0.15, -0.1) is 0 Å². The molecule has 1 heterocycles. The predicted octanol–water partition coefficient (Wildman–Crippen LogP) is 4.60. The molecule has 0 unspecified atom stereocenters. The van der Waals surface area contributed by atoms with Crippen molar-refractivity contribution in [1.82, 2.24) is 0 Å². The molecule has 0 radical (unpaired) electrons. The first-order valence-electron chi connectivity index (χ1n) is 5.21. The minimum atomic E-state index is -11.2. The first kappa shape index (κ1) is 16.0. The Morgan fingerprint density at radius 3 is 1.56 bits per heavy atom. The van der Waals surface area contributed by atoms with Crippen molar-refractivity contribution in [2.24, 2.45) is 0 Å². The SMILES string of the molecule is [F][Sb-]([F])([F])([F])([F])[F].c1ccc([S+]2CCCC2)cc1. The summed E-state index contributed by atoms with van der Waals surface area (Å²) in [5.41, 5.74) is 0. The summed E-state index contributed by atoms with van der Waals surface area (Å²) in [4.78, 5) is 1.57. The smallest absolute Gasteiger partial charge is 0.0619 e. The topological polar surface area (TPSA) is 0 Å². The van der Waals surface area contributed by atoms with Gasteiger partial charge < -0.3 is 0 Å². The molecule has 106 valence electrons. The summed E-state index contributed by atoms with van der Waals surface area (Å²) in [7, 11) is 0.609. The Bertz CT molecular complexity index is 369. The fourth-order valence-corrected chi connectivity index (χ4v) is 3.83. The zero-order valence-corrected chi connectivity index (χ0v) is 12.7. The van der Waals surface area contributed by atoms with Crippen LogP contribution in [0.4, 0.5) is 16.9 Å². The quantitative estimate of drug-likeness (QED) is 0.367. The third-order valence-corrected chi connectivity index (χ3v) is 4.61. The Labute approximate surface area is 107 Å². The van der Waals surface area contributed by atoms with Crippen molar-refractivity contribution >= 4 is 30.4 Å². The number of halogens is 6. The number of hydrogen-bond acceptors (Lipinski definition) is 0. The van der Waals surface area contributed by atoms with E-state index < -0.39 is 19.5 Å². The molecule has 0 nitrogen and oxygen atoms in total. The fraction of sp³-hybridized carbons (Fsp3) is 0.400. The third kappa shape index (κ3) is 9.94. The maximum Gasteiger partial charge on any atom is 0.154 e. The van der Waals surface area contributed by atoms with E-state index in [2.05, 4.69) is 30.3 Å². The average Bonchev–Trinajstić information content (AvgIpc) is 2.67. The summed E-state index contributed by atoms with van der Waals surface area (Å²) in [5, 5.41) is 0. The molecule has 0 aromatic heterocycles. The van der Waals surface area contributed by atoms with Gasteiger partial charge in [0.15, 0.2) is 4.90 Å². The second-order valence-electron chi connectivity index (χ2n) is 3.88. The molecule has 1 aliphatic rings. The molecule has 1 saturated heterocycles. The van der Waals surface area contributed by atoms with E-state index in [0.29, 0.717) is 10.9 Å². The molecule has 0 N–H and O–H groups in total. The molecule has 2 rings (SSSR count). The monoisotopic (exact) mass is 400 g/mol. The minimum absolute atomic E-state index is 0.609. The van der Waals surface area contributed by atoms with Crippen LogP contribution in [-0.4, -0.2) is 31.0 Å². The van der Waals surface area contributed by atoms with Crippen molar-refractivity contribution in [3.8, 4) is 0 Å². The van der Waals surface area contributed by atoms with Gasteiger partial charge in [0.05, 0.1) is 0 Å². The van der Waals surface area contributed by atoms with Crippen LogP contribution in [-0.2, 0) is 10.9 Å². The molecule has 0 saturated carbocycles. The molecule has 1 fully saturated rings. The van der Waals surface area contributed by atoms with E-state index in [-0.39, 0.29) is 0 Å². The normalized spacial score (nSPS) is 20.6. The van der Waals surface area contributed by atoms with E-state index in [1.807, 2.05) is 0 Å². The average molecular weight is 401 g/mol. The maximum absolute atomic E-state index is 11.2. The van der Waals surface area contributed by atoms with Crippen molar-refractivity contribution in [1.29, 1.82) is 0 Å². The molecule has 18 heavy (non-hydrogen) atoms. The molecule has 1 aromatic carbocycles. The van der Waals surface area contributed by atoms with Gasteiger partial charge in [-0.1, -0.05) is 18.2 Å². The van der Waals surface area contributed by atoms with Crippen molar-refractivity contribution in [2.75, 3.05) is 11.5 Å². The number of rotatable bonds is 1. The summed E-state index contributed by atoms with van der Waals surface area (Å²) in [5.74, 6) is 2.87. The fourth-order valence-electron chi connectivity index (χ4n) is 1.50. The van der Waals surface area contributed by atoms with Gasteiger partial charge in [-0.3, -0.25) is 0 Å². The molecule has 1 aliphatic heterocycles. The maximum atomic E-state index is 9.93. The standard InChI is InChI=1S/C10H13S.6FH.Sb/c1-2-6-10(7-3-1)11-8-4-5-9-11;;;;;;;/h1-3,6-7H,4-5,8-9H2;6*1H;/q+1;;;;;;;+5/p-6. The molecule has 0 aliphatic carbocycles. The first-order valence-corrected chi connectivity index (χ1v) is 12.6. The summed E-state index contributed by atoms with van der Waals surface area (Å²) in [6.45, 7) is 0.